The standard InChI is InChI=1S/C24H31N3O4S/c1-15-16(2)18(4)23(19(5)17(15)3)32(30,31)27-12-10-20(11-13-27)24(29)26-25-14-21-8-6-7-9-22(21)28/h6-9,14,20,28H,10-13H2,1-5H3,(H,26,29). The number of para-hydroxylation sites is 1. The van der Waals surface area contributed by atoms with E-state index in [-0.39, 0.29) is 30.7 Å². The predicted octanol–water partition coefficient (Wildman–Crippen LogP) is 3.49. The van der Waals surface area contributed by atoms with Crippen molar-refractivity contribution in [3.8, 4) is 5.75 Å². The molecule has 0 saturated carbocycles. The summed E-state index contributed by atoms with van der Waals surface area (Å²) in [6.07, 6.45) is 2.25. The molecule has 32 heavy (non-hydrogen) atoms. The number of hydrogen-bond donors (Lipinski definition) is 2. The van der Waals surface area contributed by atoms with Crippen LogP contribution in [0.15, 0.2) is 34.3 Å². The summed E-state index contributed by atoms with van der Waals surface area (Å²) in [6, 6.07) is 6.70. The maximum absolute atomic E-state index is 13.5. The number of carbonyl (C=O) groups excluding carboxylic acids is 1. The van der Waals surface area contributed by atoms with Gasteiger partial charge in [0.1, 0.15) is 5.75 Å². The Kier molecular flexibility index (Phi) is 7.05. The van der Waals surface area contributed by atoms with Crippen LogP contribution in [0.5, 0.6) is 5.75 Å². The van der Waals surface area contributed by atoms with E-state index < -0.39 is 10.0 Å². The van der Waals surface area contributed by atoms with Gasteiger partial charge in [0.25, 0.3) is 0 Å². The van der Waals surface area contributed by atoms with Gasteiger partial charge in [-0.25, -0.2) is 13.8 Å². The number of nitrogens with one attached hydrogen (secondary N) is 1. The summed E-state index contributed by atoms with van der Waals surface area (Å²) in [7, 11) is -3.65. The molecule has 0 spiro atoms. The van der Waals surface area contributed by atoms with E-state index in [4.69, 9.17) is 0 Å². The largest absolute Gasteiger partial charge is 0.507 e. The SMILES string of the molecule is Cc1c(C)c(C)c(S(=O)(=O)N2CCC(C(=O)NN=Cc3ccccc3O)CC2)c(C)c1C. The molecule has 0 bridgehead atoms. The van der Waals surface area contributed by atoms with Gasteiger partial charge in [-0.15, -0.1) is 0 Å². The topological polar surface area (TPSA) is 99.1 Å². The fourth-order valence-electron chi connectivity index (χ4n) is 4.19. The normalized spacial score (nSPS) is 15.9. The van der Waals surface area contributed by atoms with Crippen molar-refractivity contribution < 1.29 is 18.3 Å². The number of rotatable bonds is 5. The molecule has 7 nitrogen and oxygen atoms in total. The molecule has 1 heterocycles. The van der Waals surface area contributed by atoms with Gasteiger partial charge < -0.3 is 5.11 Å². The number of piperidine rings is 1. The number of benzene rings is 2. The number of hydrogen-bond acceptors (Lipinski definition) is 5. The minimum atomic E-state index is -3.65. The van der Waals surface area contributed by atoms with Crippen LogP contribution in [0, 0.1) is 40.5 Å². The molecule has 172 valence electrons. The second kappa shape index (κ2) is 9.42. The van der Waals surface area contributed by atoms with E-state index in [0.29, 0.717) is 23.3 Å². The van der Waals surface area contributed by atoms with Crippen molar-refractivity contribution in [2.45, 2.75) is 52.4 Å². The summed E-state index contributed by atoms with van der Waals surface area (Å²) in [6.45, 7) is 10.2. The Morgan fingerprint density at radius 2 is 1.53 bits per heavy atom. The number of aromatic hydroxyl groups is 1. The van der Waals surface area contributed by atoms with Crippen molar-refractivity contribution >= 4 is 22.1 Å². The zero-order chi connectivity index (χ0) is 23.6. The lowest BCUT2D eigenvalue weighted by atomic mass is 9.95. The first-order valence-corrected chi connectivity index (χ1v) is 12.2. The van der Waals surface area contributed by atoms with Crippen molar-refractivity contribution in [3.63, 3.8) is 0 Å². The Morgan fingerprint density at radius 3 is 2.09 bits per heavy atom. The number of amides is 1. The highest BCUT2D eigenvalue weighted by Crippen LogP contribution is 2.33. The first-order valence-electron chi connectivity index (χ1n) is 10.7. The summed E-state index contributed by atoms with van der Waals surface area (Å²) in [5.41, 5.74) is 7.73. The van der Waals surface area contributed by atoms with Crippen molar-refractivity contribution in [1.82, 2.24) is 9.73 Å². The van der Waals surface area contributed by atoms with Crippen molar-refractivity contribution in [1.29, 1.82) is 0 Å². The third-order valence-electron chi connectivity index (χ3n) is 6.67. The minimum absolute atomic E-state index is 0.0798. The van der Waals surface area contributed by atoms with E-state index in [1.165, 1.54) is 10.5 Å². The molecule has 3 rings (SSSR count). The van der Waals surface area contributed by atoms with Crippen LogP contribution in [0.4, 0.5) is 0 Å². The molecule has 1 aliphatic heterocycles. The first kappa shape index (κ1) is 23.9. The van der Waals surface area contributed by atoms with Gasteiger partial charge in [0, 0.05) is 24.6 Å². The Hall–Kier alpha value is -2.71. The number of sulfonamides is 1. The molecular weight excluding hydrogens is 426 g/mol. The average molecular weight is 458 g/mol. The number of phenols is 1. The van der Waals surface area contributed by atoms with Gasteiger partial charge in [-0.05, 0) is 87.4 Å². The highest BCUT2D eigenvalue weighted by molar-refractivity contribution is 7.89. The van der Waals surface area contributed by atoms with Gasteiger partial charge in [-0.3, -0.25) is 4.79 Å². The molecule has 1 saturated heterocycles. The fourth-order valence-corrected chi connectivity index (χ4v) is 6.22. The Labute approximate surface area is 190 Å². The number of phenolic OH excluding ortho intramolecular Hbond substituents is 1. The molecule has 2 N–H and O–H groups in total. The van der Waals surface area contributed by atoms with Crippen molar-refractivity contribution in [3.05, 3.63) is 57.6 Å². The van der Waals surface area contributed by atoms with Gasteiger partial charge in [0.05, 0.1) is 11.1 Å². The van der Waals surface area contributed by atoms with Gasteiger partial charge >= 0.3 is 0 Å². The molecule has 8 heteroatoms. The smallest absolute Gasteiger partial charge is 0.243 e. The van der Waals surface area contributed by atoms with Crippen LogP contribution in [0.1, 0.15) is 46.2 Å². The van der Waals surface area contributed by atoms with E-state index in [2.05, 4.69) is 10.5 Å². The van der Waals surface area contributed by atoms with Crippen LogP contribution in [0.2, 0.25) is 0 Å². The van der Waals surface area contributed by atoms with Crippen LogP contribution in [-0.2, 0) is 14.8 Å². The quantitative estimate of drug-likeness (QED) is 0.530. The predicted molar refractivity (Wildman–Crippen MR) is 125 cm³/mol. The van der Waals surface area contributed by atoms with Crippen LogP contribution in [0.3, 0.4) is 0 Å². The zero-order valence-corrected chi connectivity index (χ0v) is 20.1. The van der Waals surface area contributed by atoms with Gasteiger partial charge in [0.15, 0.2) is 0 Å². The molecule has 1 fully saturated rings. The van der Waals surface area contributed by atoms with Crippen LogP contribution in [-0.4, -0.2) is 43.0 Å². The Morgan fingerprint density at radius 1 is 1.00 bits per heavy atom. The molecule has 0 aromatic heterocycles. The van der Waals surface area contributed by atoms with E-state index >= 15 is 0 Å². The zero-order valence-electron chi connectivity index (χ0n) is 19.3. The molecule has 2 aromatic rings. The lowest BCUT2D eigenvalue weighted by molar-refractivity contribution is -0.126. The van der Waals surface area contributed by atoms with E-state index in [0.717, 1.165) is 27.8 Å². The Balaban J connectivity index is 1.68. The van der Waals surface area contributed by atoms with E-state index in [1.807, 2.05) is 34.6 Å². The molecule has 0 atom stereocenters. The van der Waals surface area contributed by atoms with Crippen LogP contribution < -0.4 is 5.43 Å². The lowest BCUT2D eigenvalue weighted by Gasteiger charge is -2.31. The third-order valence-corrected chi connectivity index (χ3v) is 8.84. The number of nitrogens with zero attached hydrogens (tertiary/aromatic N) is 2. The minimum Gasteiger partial charge on any atom is -0.507 e. The monoisotopic (exact) mass is 457 g/mol. The molecule has 0 unspecified atom stereocenters. The van der Waals surface area contributed by atoms with Gasteiger partial charge in [-0.1, -0.05) is 12.1 Å². The fraction of sp³-hybridized carbons (Fsp3) is 0.417. The van der Waals surface area contributed by atoms with Crippen molar-refractivity contribution in [2.75, 3.05) is 13.1 Å². The van der Waals surface area contributed by atoms with E-state index in [1.54, 1.807) is 24.3 Å². The van der Waals surface area contributed by atoms with E-state index in [9.17, 15) is 18.3 Å². The third kappa shape index (κ3) is 4.56. The molecular formula is C24H31N3O4S. The summed E-state index contributed by atoms with van der Waals surface area (Å²) in [4.78, 5) is 12.9. The molecule has 0 radical (unpaired) electrons. The van der Waals surface area contributed by atoms with Crippen molar-refractivity contribution in [2.24, 2.45) is 11.0 Å². The summed E-state index contributed by atoms with van der Waals surface area (Å²) >= 11 is 0. The van der Waals surface area contributed by atoms with Gasteiger partial charge in [0.2, 0.25) is 15.9 Å². The number of carbonyl (C=O) groups is 1. The molecule has 2 aromatic carbocycles. The lowest BCUT2D eigenvalue weighted by Crippen LogP contribution is -2.42. The maximum Gasteiger partial charge on any atom is 0.243 e. The second-order valence-corrected chi connectivity index (χ2v) is 10.3. The molecule has 1 amide bonds. The summed E-state index contributed by atoms with van der Waals surface area (Å²) < 4.78 is 28.4. The molecule has 1 aliphatic rings. The highest BCUT2D eigenvalue weighted by Gasteiger charge is 2.34. The highest BCUT2D eigenvalue weighted by atomic mass is 32.2. The summed E-state index contributed by atoms with van der Waals surface area (Å²) in [5, 5.41) is 13.7. The molecule has 0 aliphatic carbocycles. The average Bonchev–Trinajstić information content (AvgIpc) is 2.77. The van der Waals surface area contributed by atoms with Gasteiger partial charge in [-0.2, -0.15) is 9.41 Å². The van der Waals surface area contributed by atoms with Crippen LogP contribution in [0.25, 0.3) is 0 Å². The second-order valence-electron chi connectivity index (χ2n) is 8.43. The summed E-state index contributed by atoms with van der Waals surface area (Å²) in [5.74, 6) is -0.481. The van der Waals surface area contributed by atoms with Crippen LogP contribution >= 0.6 is 0 Å². The first-order chi connectivity index (χ1) is 15.1. The number of hydrazone groups is 1. The maximum atomic E-state index is 13.5. The Bertz CT molecular complexity index is 1140.